The summed E-state index contributed by atoms with van der Waals surface area (Å²) < 4.78 is 0. The first-order valence-corrected chi connectivity index (χ1v) is 12.3. The zero-order chi connectivity index (χ0) is 22.7. The van der Waals surface area contributed by atoms with Gasteiger partial charge in [-0.05, 0) is 104 Å². The van der Waals surface area contributed by atoms with Gasteiger partial charge in [0.05, 0.1) is 12.2 Å². The number of aliphatic hydroxyl groups excluding tert-OH is 2. The van der Waals surface area contributed by atoms with E-state index in [2.05, 4.69) is 13.8 Å². The molecule has 0 unspecified atom stereocenters. The van der Waals surface area contributed by atoms with Gasteiger partial charge in [0, 0.05) is 0 Å². The molecule has 0 radical (unpaired) electrons. The number of aliphatic carboxylic acids is 2. The van der Waals surface area contributed by atoms with Crippen LogP contribution in [0.3, 0.4) is 0 Å². The average Bonchev–Trinajstić information content (AvgIpc) is 3.04. The summed E-state index contributed by atoms with van der Waals surface area (Å²) in [7, 11) is 0. The molecule has 0 aliphatic heterocycles. The van der Waals surface area contributed by atoms with Gasteiger partial charge in [0.15, 0.2) is 5.92 Å². The van der Waals surface area contributed by atoms with Gasteiger partial charge in [0.1, 0.15) is 0 Å². The Morgan fingerprint density at radius 3 is 2.16 bits per heavy atom. The maximum absolute atomic E-state index is 11.4. The van der Waals surface area contributed by atoms with Crippen molar-refractivity contribution in [3.8, 4) is 0 Å². The largest absolute Gasteiger partial charge is 0.481 e. The molecule has 6 nitrogen and oxygen atoms in total. The molecule has 6 heteroatoms. The van der Waals surface area contributed by atoms with E-state index in [1.165, 1.54) is 0 Å². The topological polar surface area (TPSA) is 115 Å². The van der Waals surface area contributed by atoms with Crippen molar-refractivity contribution in [3.63, 3.8) is 0 Å². The molecule has 4 fully saturated rings. The third-order valence-corrected chi connectivity index (χ3v) is 10.6. The van der Waals surface area contributed by atoms with Gasteiger partial charge in [0.25, 0.3) is 0 Å². The fourth-order valence-electron chi connectivity index (χ4n) is 9.02. The normalized spacial score (nSPS) is 47.9. The SMILES string of the molecule is C[C@H](CC(C(=O)O)C(=O)O)[C@H]1CC[C@H]2[C@@H]3[C@H](O)C[C@@H]4C[C@H](O)CC[C@]4(C)[C@H]3CC[C@]12C. The first-order chi connectivity index (χ1) is 14.5. The van der Waals surface area contributed by atoms with Crippen molar-refractivity contribution in [3.05, 3.63) is 0 Å². The van der Waals surface area contributed by atoms with Gasteiger partial charge in [-0.2, -0.15) is 0 Å². The highest BCUT2D eigenvalue weighted by molar-refractivity contribution is 5.92. The molecule has 0 bridgehead atoms. The molecule has 0 spiro atoms. The summed E-state index contributed by atoms with van der Waals surface area (Å²) in [4.78, 5) is 22.9. The van der Waals surface area contributed by atoms with Crippen LogP contribution in [-0.2, 0) is 9.59 Å². The van der Waals surface area contributed by atoms with Gasteiger partial charge >= 0.3 is 11.9 Å². The summed E-state index contributed by atoms with van der Waals surface area (Å²) in [6.07, 6.45) is 7.26. The van der Waals surface area contributed by atoms with Crippen molar-refractivity contribution in [2.75, 3.05) is 0 Å². The second-order valence-electron chi connectivity index (χ2n) is 11.9. The van der Waals surface area contributed by atoms with E-state index in [0.717, 1.165) is 51.4 Å². The first kappa shape index (κ1) is 23.0. The fourth-order valence-corrected chi connectivity index (χ4v) is 9.02. The van der Waals surface area contributed by atoms with Crippen LogP contribution in [0.2, 0.25) is 0 Å². The van der Waals surface area contributed by atoms with Gasteiger partial charge in [-0.15, -0.1) is 0 Å². The zero-order valence-electron chi connectivity index (χ0n) is 19.2. The van der Waals surface area contributed by atoms with Crippen LogP contribution in [0.1, 0.15) is 78.6 Å². The highest BCUT2D eigenvalue weighted by atomic mass is 16.4. The number of hydrogen-bond donors (Lipinski definition) is 4. The van der Waals surface area contributed by atoms with Gasteiger partial charge in [0.2, 0.25) is 0 Å². The minimum atomic E-state index is -1.34. The maximum atomic E-state index is 11.4. The molecule has 0 amide bonds. The molecule has 31 heavy (non-hydrogen) atoms. The van der Waals surface area contributed by atoms with Crippen molar-refractivity contribution in [2.45, 2.75) is 90.8 Å². The van der Waals surface area contributed by atoms with Crippen molar-refractivity contribution in [1.82, 2.24) is 0 Å². The van der Waals surface area contributed by atoms with Crippen LogP contribution >= 0.6 is 0 Å². The Labute approximate surface area is 185 Å². The molecular weight excluding hydrogens is 396 g/mol. The molecule has 0 aromatic rings. The Morgan fingerprint density at radius 1 is 0.903 bits per heavy atom. The Hall–Kier alpha value is -1.14. The van der Waals surface area contributed by atoms with E-state index in [4.69, 9.17) is 0 Å². The highest BCUT2D eigenvalue weighted by Gasteiger charge is 2.63. The summed E-state index contributed by atoms with van der Waals surface area (Å²) >= 11 is 0. The fraction of sp³-hybridized carbons (Fsp3) is 0.920. The predicted octanol–water partition coefficient (Wildman–Crippen LogP) is 3.79. The van der Waals surface area contributed by atoms with Crippen LogP contribution in [0.15, 0.2) is 0 Å². The van der Waals surface area contributed by atoms with E-state index in [1.54, 1.807) is 0 Å². The Kier molecular flexibility index (Phi) is 5.96. The minimum absolute atomic E-state index is 0.0256. The summed E-state index contributed by atoms with van der Waals surface area (Å²) in [5.41, 5.74) is 0.215. The van der Waals surface area contributed by atoms with Crippen molar-refractivity contribution in [2.24, 2.45) is 52.3 Å². The van der Waals surface area contributed by atoms with Gasteiger partial charge in [-0.1, -0.05) is 20.8 Å². The Morgan fingerprint density at radius 2 is 1.52 bits per heavy atom. The van der Waals surface area contributed by atoms with Crippen LogP contribution in [0, 0.1) is 52.3 Å². The minimum Gasteiger partial charge on any atom is -0.481 e. The van der Waals surface area contributed by atoms with Crippen LogP contribution in [-0.4, -0.2) is 44.6 Å². The van der Waals surface area contributed by atoms with Crippen LogP contribution in [0.5, 0.6) is 0 Å². The lowest BCUT2D eigenvalue weighted by Gasteiger charge is -2.62. The number of fused-ring (bicyclic) bond motifs is 5. The number of aliphatic hydroxyl groups is 2. The van der Waals surface area contributed by atoms with E-state index < -0.39 is 17.9 Å². The summed E-state index contributed by atoms with van der Waals surface area (Å²) in [6, 6.07) is 0. The molecule has 0 aromatic heterocycles. The van der Waals surface area contributed by atoms with Gasteiger partial charge < -0.3 is 20.4 Å². The van der Waals surface area contributed by atoms with Gasteiger partial charge in [-0.3, -0.25) is 9.59 Å². The number of hydrogen-bond acceptors (Lipinski definition) is 4. The van der Waals surface area contributed by atoms with E-state index in [-0.39, 0.29) is 41.3 Å². The molecule has 4 saturated carbocycles. The highest BCUT2D eigenvalue weighted by Crippen LogP contribution is 2.68. The molecule has 4 N–H and O–H groups in total. The molecule has 0 saturated heterocycles. The molecule has 176 valence electrons. The van der Waals surface area contributed by atoms with E-state index in [9.17, 15) is 30.0 Å². The Bertz CT molecular complexity index is 709. The van der Waals surface area contributed by atoms with Crippen LogP contribution < -0.4 is 0 Å². The maximum Gasteiger partial charge on any atom is 0.317 e. The molecule has 0 aromatic carbocycles. The molecule has 4 rings (SSSR count). The summed E-state index contributed by atoms with van der Waals surface area (Å²) in [5.74, 6) is -1.97. The summed E-state index contributed by atoms with van der Waals surface area (Å²) in [6.45, 7) is 6.75. The third-order valence-electron chi connectivity index (χ3n) is 10.6. The first-order valence-electron chi connectivity index (χ1n) is 12.3. The lowest BCUT2D eigenvalue weighted by atomic mass is 9.43. The number of carboxylic acid groups (broad SMARTS) is 2. The van der Waals surface area contributed by atoms with E-state index >= 15 is 0 Å². The number of carboxylic acids is 2. The number of rotatable bonds is 5. The van der Waals surface area contributed by atoms with Gasteiger partial charge in [-0.25, -0.2) is 0 Å². The van der Waals surface area contributed by atoms with E-state index in [0.29, 0.717) is 23.7 Å². The predicted molar refractivity (Wildman–Crippen MR) is 115 cm³/mol. The molecule has 10 atom stereocenters. The monoisotopic (exact) mass is 436 g/mol. The quantitative estimate of drug-likeness (QED) is 0.488. The van der Waals surface area contributed by atoms with Crippen molar-refractivity contribution in [1.29, 1.82) is 0 Å². The molecular formula is C25H40O6. The zero-order valence-corrected chi connectivity index (χ0v) is 19.2. The molecule has 4 aliphatic carbocycles. The van der Waals surface area contributed by atoms with Crippen LogP contribution in [0.25, 0.3) is 0 Å². The van der Waals surface area contributed by atoms with Crippen molar-refractivity contribution >= 4 is 11.9 Å². The van der Waals surface area contributed by atoms with Crippen molar-refractivity contribution < 1.29 is 30.0 Å². The second kappa shape index (κ2) is 8.02. The third kappa shape index (κ3) is 3.62. The molecule has 0 heterocycles. The number of carbonyl (C=O) groups is 2. The Balaban J connectivity index is 1.55. The second-order valence-corrected chi connectivity index (χ2v) is 11.9. The van der Waals surface area contributed by atoms with Crippen LogP contribution in [0.4, 0.5) is 0 Å². The van der Waals surface area contributed by atoms with E-state index in [1.807, 2.05) is 6.92 Å². The summed E-state index contributed by atoms with van der Waals surface area (Å²) in [5, 5.41) is 40.2. The standard InChI is InChI=1S/C25H40O6/c1-13(10-16(22(28)29)23(30)31)17-4-5-18-21-19(7-9-25(17,18)3)24(2)8-6-15(26)11-14(24)12-20(21)27/h13-21,26-27H,4-12H2,1-3H3,(H,28,29)(H,30,31)/t13-,14+,15-,17-,18+,19+,20-,21+,24+,25-/m1/s1. The lowest BCUT2D eigenvalue weighted by Crippen LogP contribution is -2.58. The smallest absolute Gasteiger partial charge is 0.317 e. The lowest BCUT2D eigenvalue weighted by molar-refractivity contribution is -0.174. The average molecular weight is 437 g/mol. The molecule has 4 aliphatic rings.